The molecule has 3 aliphatic rings. The number of benzene rings is 2. The second kappa shape index (κ2) is 8.06. The number of hydrogen-bond donors (Lipinski definition) is 0. The van der Waals surface area contributed by atoms with Gasteiger partial charge in [-0.1, -0.05) is 30.3 Å². The lowest BCUT2D eigenvalue weighted by atomic mass is 9.95. The molecule has 0 N–H and O–H groups in total. The molecule has 0 saturated carbocycles. The number of nitrogens with zero attached hydrogens (tertiary/aromatic N) is 2. The van der Waals surface area contributed by atoms with Crippen molar-refractivity contribution in [3.8, 4) is 0 Å². The number of aryl methyl sites for hydroxylation is 3. The van der Waals surface area contributed by atoms with Gasteiger partial charge in [0.05, 0.1) is 10.9 Å². The summed E-state index contributed by atoms with van der Waals surface area (Å²) in [4.78, 5) is 15.5. The number of amides is 1. The van der Waals surface area contributed by atoms with Crippen molar-refractivity contribution in [3.63, 3.8) is 0 Å². The minimum absolute atomic E-state index is 0.107. The van der Waals surface area contributed by atoms with Crippen LogP contribution in [-0.4, -0.2) is 43.7 Å². The van der Waals surface area contributed by atoms with Gasteiger partial charge in [0.15, 0.2) is 0 Å². The summed E-state index contributed by atoms with van der Waals surface area (Å²) in [5, 5.41) is 0. The van der Waals surface area contributed by atoms with Crippen LogP contribution in [0.3, 0.4) is 0 Å². The minimum Gasteiger partial charge on any atom is -0.338 e. The summed E-state index contributed by atoms with van der Waals surface area (Å²) in [7, 11) is -1.59. The molecule has 1 aliphatic heterocycles. The molecule has 0 aromatic heterocycles. The molecule has 0 spiro atoms. The van der Waals surface area contributed by atoms with Gasteiger partial charge in [-0.05, 0) is 79.3 Å². The number of hydrogen-bond acceptors (Lipinski definition) is 3. The summed E-state index contributed by atoms with van der Waals surface area (Å²) in [6, 6.07) is 14.1. The van der Waals surface area contributed by atoms with E-state index in [4.69, 9.17) is 0 Å². The third kappa shape index (κ3) is 3.70. The first-order chi connectivity index (χ1) is 14.9. The molecule has 31 heavy (non-hydrogen) atoms. The van der Waals surface area contributed by atoms with Crippen LogP contribution in [0.5, 0.6) is 0 Å². The van der Waals surface area contributed by atoms with Crippen LogP contribution in [0, 0.1) is 5.92 Å². The molecular formula is C25H30N2O3S. The third-order valence-electron chi connectivity index (χ3n) is 7.43. The maximum Gasteiger partial charge on any atom is 0.243 e. The van der Waals surface area contributed by atoms with Gasteiger partial charge < -0.3 is 4.90 Å². The zero-order chi connectivity index (χ0) is 21.6. The van der Waals surface area contributed by atoms with Crippen molar-refractivity contribution in [2.75, 3.05) is 20.1 Å². The summed E-state index contributed by atoms with van der Waals surface area (Å²) in [6.07, 6.45) is 6.26. The van der Waals surface area contributed by atoms with Gasteiger partial charge in [-0.15, -0.1) is 0 Å². The molecule has 2 aromatic carbocycles. The maximum atomic E-state index is 13.2. The molecule has 2 aromatic rings. The van der Waals surface area contributed by atoms with Crippen LogP contribution < -0.4 is 0 Å². The molecule has 5 rings (SSSR count). The van der Waals surface area contributed by atoms with Crippen molar-refractivity contribution in [2.45, 2.75) is 55.9 Å². The minimum atomic E-state index is -3.50. The Morgan fingerprint density at radius 2 is 1.68 bits per heavy atom. The Hall–Kier alpha value is -2.18. The second-order valence-corrected chi connectivity index (χ2v) is 11.1. The lowest BCUT2D eigenvalue weighted by Gasteiger charge is -2.34. The van der Waals surface area contributed by atoms with E-state index in [0.717, 1.165) is 32.1 Å². The molecule has 0 radical (unpaired) electrons. The van der Waals surface area contributed by atoms with Crippen molar-refractivity contribution >= 4 is 15.9 Å². The van der Waals surface area contributed by atoms with E-state index in [1.807, 2.05) is 30.1 Å². The van der Waals surface area contributed by atoms with Crippen LogP contribution in [-0.2, 0) is 34.1 Å². The Labute approximate surface area is 185 Å². The fourth-order valence-electron chi connectivity index (χ4n) is 5.58. The molecular weight excluding hydrogens is 408 g/mol. The van der Waals surface area contributed by atoms with Crippen molar-refractivity contribution in [1.29, 1.82) is 0 Å². The molecule has 164 valence electrons. The average Bonchev–Trinajstić information content (AvgIpc) is 3.44. The molecule has 0 bridgehead atoms. The van der Waals surface area contributed by atoms with E-state index >= 15 is 0 Å². The Kier molecular flexibility index (Phi) is 5.39. The highest BCUT2D eigenvalue weighted by atomic mass is 32.2. The summed E-state index contributed by atoms with van der Waals surface area (Å²) in [6.45, 7) is 0.815. The molecule has 1 atom stereocenters. The van der Waals surface area contributed by atoms with E-state index in [0.29, 0.717) is 30.8 Å². The first-order valence-corrected chi connectivity index (χ1v) is 12.9. The van der Waals surface area contributed by atoms with Crippen LogP contribution in [0.2, 0.25) is 0 Å². The smallest absolute Gasteiger partial charge is 0.243 e. The van der Waals surface area contributed by atoms with Gasteiger partial charge in [-0.3, -0.25) is 4.79 Å². The van der Waals surface area contributed by atoms with Crippen LogP contribution in [0.1, 0.15) is 54.0 Å². The summed E-state index contributed by atoms with van der Waals surface area (Å²) in [5.74, 6) is 0.0421. The Morgan fingerprint density at radius 1 is 0.935 bits per heavy atom. The van der Waals surface area contributed by atoms with E-state index in [1.54, 1.807) is 10.4 Å². The maximum absolute atomic E-state index is 13.2. The van der Waals surface area contributed by atoms with Gasteiger partial charge >= 0.3 is 0 Å². The van der Waals surface area contributed by atoms with E-state index in [2.05, 4.69) is 18.2 Å². The highest BCUT2D eigenvalue weighted by Crippen LogP contribution is 2.36. The van der Waals surface area contributed by atoms with Crippen LogP contribution in [0.4, 0.5) is 0 Å². The Bertz CT molecular complexity index is 1100. The largest absolute Gasteiger partial charge is 0.338 e. The SMILES string of the molecule is CN(C(=O)C1CCN(S(=O)(=O)c2ccc3c(c2)CCC3)CC1)C1CCc2ccccc21. The summed E-state index contributed by atoms with van der Waals surface area (Å²) < 4.78 is 27.9. The molecule has 6 heteroatoms. The average molecular weight is 439 g/mol. The normalized spacial score (nSPS) is 21.6. The van der Waals surface area contributed by atoms with Crippen LogP contribution >= 0.6 is 0 Å². The Balaban J connectivity index is 1.24. The van der Waals surface area contributed by atoms with Gasteiger partial charge in [0.25, 0.3) is 0 Å². The predicted molar refractivity (Wildman–Crippen MR) is 120 cm³/mol. The summed E-state index contributed by atoms with van der Waals surface area (Å²) >= 11 is 0. The van der Waals surface area contributed by atoms with E-state index in [1.165, 1.54) is 22.3 Å². The lowest BCUT2D eigenvalue weighted by molar-refractivity contribution is -0.137. The number of rotatable bonds is 4. The van der Waals surface area contributed by atoms with Gasteiger partial charge in [0.2, 0.25) is 15.9 Å². The van der Waals surface area contributed by atoms with Gasteiger partial charge in [-0.25, -0.2) is 8.42 Å². The topological polar surface area (TPSA) is 57.7 Å². The highest BCUT2D eigenvalue weighted by molar-refractivity contribution is 7.89. The second-order valence-electron chi connectivity index (χ2n) is 9.16. The van der Waals surface area contributed by atoms with Crippen molar-refractivity contribution < 1.29 is 13.2 Å². The zero-order valence-corrected chi connectivity index (χ0v) is 18.9. The van der Waals surface area contributed by atoms with Crippen LogP contribution in [0.15, 0.2) is 47.4 Å². The first-order valence-electron chi connectivity index (χ1n) is 11.4. The first kappa shape index (κ1) is 20.7. The molecule has 5 nitrogen and oxygen atoms in total. The molecule has 1 fully saturated rings. The van der Waals surface area contributed by atoms with Crippen molar-refractivity contribution in [1.82, 2.24) is 9.21 Å². The summed E-state index contributed by atoms with van der Waals surface area (Å²) in [5.41, 5.74) is 5.04. The fourth-order valence-corrected chi connectivity index (χ4v) is 7.10. The van der Waals surface area contributed by atoms with E-state index in [-0.39, 0.29) is 17.9 Å². The van der Waals surface area contributed by atoms with Crippen molar-refractivity contribution in [3.05, 3.63) is 64.7 Å². The van der Waals surface area contributed by atoms with Gasteiger partial charge in [0, 0.05) is 26.1 Å². The third-order valence-corrected chi connectivity index (χ3v) is 9.32. The molecule has 1 saturated heterocycles. The molecule has 1 unspecified atom stereocenters. The fraction of sp³-hybridized carbons (Fsp3) is 0.480. The molecule has 1 amide bonds. The van der Waals surface area contributed by atoms with Crippen LogP contribution in [0.25, 0.3) is 0 Å². The Morgan fingerprint density at radius 3 is 2.48 bits per heavy atom. The number of carbonyl (C=O) groups is 1. The standard InChI is InChI=1S/C25H30N2O3S/c1-26(24-12-10-19-5-2-3-8-23(19)24)25(28)20-13-15-27(16-14-20)31(29,30)22-11-9-18-6-4-7-21(18)17-22/h2-3,5,8-9,11,17,20,24H,4,6-7,10,12-16H2,1H3. The van der Waals surface area contributed by atoms with E-state index in [9.17, 15) is 13.2 Å². The number of carbonyl (C=O) groups excluding carboxylic acids is 1. The number of piperidine rings is 1. The quantitative estimate of drug-likeness (QED) is 0.731. The van der Waals surface area contributed by atoms with Crippen molar-refractivity contribution in [2.24, 2.45) is 5.92 Å². The van der Waals surface area contributed by atoms with Gasteiger partial charge in [-0.2, -0.15) is 4.31 Å². The molecule has 1 heterocycles. The predicted octanol–water partition coefficient (Wildman–Crippen LogP) is 3.72. The monoisotopic (exact) mass is 438 g/mol. The van der Waals surface area contributed by atoms with Gasteiger partial charge in [0.1, 0.15) is 0 Å². The highest BCUT2D eigenvalue weighted by Gasteiger charge is 2.36. The number of sulfonamides is 1. The lowest BCUT2D eigenvalue weighted by Crippen LogP contribution is -2.44. The zero-order valence-electron chi connectivity index (χ0n) is 18.1. The molecule has 2 aliphatic carbocycles. The van der Waals surface area contributed by atoms with E-state index < -0.39 is 10.0 Å². The number of fused-ring (bicyclic) bond motifs is 2.